The Morgan fingerprint density at radius 1 is 1.35 bits per heavy atom. The van der Waals surface area contributed by atoms with Crippen LogP contribution < -0.4 is 10.5 Å². The molecule has 0 saturated carbocycles. The molecule has 4 nitrogen and oxygen atoms in total. The molecule has 1 unspecified atom stereocenters. The molecule has 0 radical (unpaired) electrons. The number of nitrogens with zero attached hydrogens (tertiary/aromatic N) is 2. The van der Waals surface area contributed by atoms with Crippen molar-refractivity contribution in [1.82, 2.24) is 9.78 Å². The number of para-hydroxylation sites is 1. The maximum Gasteiger partial charge on any atom is 0.124 e. The second kappa shape index (κ2) is 4.94. The number of rotatable bonds is 3. The van der Waals surface area contributed by atoms with Crippen LogP contribution in [0.3, 0.4) is 0 Å². The van der Waals surface area contributed by atoms with E-state index in [9.17, 15) is 0 Å². The van der Waals surface area contributed by atoms with Crippen molar-refractivity contribution in [3.8, 4) is 5.75 Å². The van der Waals surface area contributed by atoms with Gasteiger partial charge in [-0.3, -0.25) is 4.68 Å². The van der Waals surface area contributed by atoms with Crippen molar-refractivity contribution in [2.75, 3.05) is 6.61 Å². The largest absolute Gasteiger partial charge is 0.493 e. The van der Waals surface area contributed by atoms with Crippen LogP contribution in [0.15, 0.2) is 36.5 Å². The first kappa shape index (κ1) is 13.2. The van der Waals surface area contributed by atoms with E-state index >= 15 is 0 Å². The Labute approximate surface area is 119 Å². The number of nitrogens with two attached hydrogens (primary N) is 1. The highest BCUT2D eigenvalue weighted by atomic mass is 16.5. The average molecular weight is 271 g/mol. The van der Waals surface area contributed by atoms with Gasteiger partial charge in [-0.25, -0.2) is 0 Å². The fourth-order valence-corrected chi connectivity index (χ4v) is 2.75. The number of hydrogen-bond acceptors (Lipinski definition) is 3. The lowest BCUT2D eigenvalue weighted by molar-refractivity contribution is 0.214. The third kappa shape index (κ3) is 2.31. The maximum absolute atomic E-state index is 6.66. The fraction of sp³-hybridized carbons (Fsp3) is 0.438. The third-order valence-corrected chi connectivity index (χ3v) is 3.92. The third-order valence-electron chi connectivity index (χ3n) is 3.92. The lowest BCUT2D eigenvalue weighted by atomic mass is 9.82. The zero-order chi connectivity index (χ0) is 14.2. The number of ether oxygens (including phenoxy) is 1. The molecule has 1 aromatic heterocycles. The molecule has 0 aliphatic carbocycles. The van der Waals surface area contributed by atoms with Crippen molar-refractivity contribution in [1.29, 1.82) is 0 Å². The van der Waals surface area contributed by atoms with Crippen LogP contribution in [0.5, 0.6) is 5.75 Å². The summed E-state index contributed by atoms with van der Waals surface area (Å²) < 4.78 is 7.67. The Morgan fingerprint density at radius 3 is 2.90 bits per heavy atom. The summed E-state index contributed by atoms with van der Waals surface area (Å²) in [5.74, 6) is 0.907. The predicted molar refractivity (Wildman–Crippen MR) is 78.7 cm³/mol. The van der Waals surface area contributed by atoms with E-state index < -0.39 is 0 Å². The van der Waals surface area contributed by atoms with Crippen molar-refractivity contribution in [3.63, 3.8) is 0 Å². The van der Waals surface area contributed by atoms with E-state index in [0.717, 1.165) is 29.8 Å². The molecule has 0 fully saturated rings. The standard InChI is InChI=1S/C16H21N3O/c1-12(2)19-9-7-13(18-19)11-16(17)8-10-20-15-6-4-3-5-14(15)16/h3-7,9,12H,8,10-11,17H2,1-2H3. The van der Waals surface area contributed by atoms with Gasteiger partial charge in [0.05, 0.1) is 17.8 Å². The summed E-state index contributed by atoms with van der Waals surface area (Å²) in [4.78, 5) is 0. The van der Waals surface area contributed by atoms with Crippen molar-refractivity contribution in [2.24, 2.45) is 5.73 Å². The molecular formula is C16H21N3O. The smallest absolute Gasteiger partial charge is 0.124 e. The fourth-order valence-electron chi connectivity index (χ4n) is 2.75. The minimum Gasteiger partial charge on any atom is -0.493 e. The minimum atomic E-state index is -0.384. The number of benzene rings is 1. The Bertz CT molecular complexity index is 605. The van der Waals surface area contributed by atoms with Gasteiger partial charge >= 0.3 is 0 Å². The molecule has 2 N–H and O–H groups in total. The highest BCUT2D eigenvalue weighted by molar-refractivity contribution is 5.41. The summed E-state index contributed by atoms with van der Waals surface area (Å²) in [7, 11) is 0. The molecule has 4 heteroatoms. The van der Waals surface area contributed by atoms with Gasteiger partial charge in [-0.1, -0.05) is 18.2 Å². The van der Waals surface area contributed by atoms with Crippen LogP contribution in [0.4, 0.5) is 0 Å². The van der Waals surface area contributed by atoms with Gasteiger partial charge in [0.15, 0.2) is 0 Å². The second-order valence-electron chi connectivity index (χ2n) is 5.81. The first-order valence-electron chi connectivity index (χ1n) is 7.14. The summed E-state index contributed by atoms with van der Waals surface area (Å²) in [6, 6.07) is 10.5. The molecule has 106 valence electrons. The van der Waals surface area contributed by atoms with Crippen LogP contribution in [0.2, 0.25) is 0 Å². The zero-order valence-electron chi connectivity index (χ0n) is 12.0. The molecular weight excluding hydrogens is 250 g/mol. The summed E-state index contributed by atoms with van der Waals surface area (Å²) in [6.07, 6.45) is 3.58. The normalized spacial score (nSPS) is 21.6. The van der Waals surface area contributed by atoms with E-state index in [-0.39, 0.29) is 5.54 Å². The van der Waals surface area contributed by atoms with Crippen molar-refractivity contribution < 1.29 is 4.74 Å². The molecule has 20 heavy (non-hydrogen) atoms. The van der Waals surface area contributed by atoms with Gasteiger partial charge in [0.25, 0.3) is 0 Å². The Kier molecular flexibility index (Phi) is 3.26. The summed E-state index contributed by atoms with van der Waals surface area (Å²) >= 11 is 0. The monoisotopic (exact) mass is 271 g/mol. The molecule has 1 aliphatic heterocycles. The minimum absolute atomic E-state index is 0.374. The van der Waals surface area contributed by atoms with Gasteiger partial charge in [0.1, 0.15) is 5.75 Å². The highest BCUT2D eigenvalue weighted by Gasteiger charge is 2.34. The van der Waals surface area contributed by atoms with Crippen LogP contribution in [-0.4, -0.2) is 16.4 Å². The van der Waals surface area contributed by atoms with Crippen LogP contribution >= 0.6 is 0 Å². The van der Waals surface area contributed by atoms with Crippen molar-refractivity contribution in [2.45, 2.75) is 38.3 Å². The Balaban J connectivity index is 1.89. The van der Waals surface area contributed by atoms with E-state index in [4.69, 9.17) is 10.5 Å². The number of aromatic nitrogens is 2. The molecule has 1 aliphatic rings. The molecule has 3 rings (SSSR count). The van der Waals surface area contributed by atoms with E-state index in [0.29, 0.717) is 12.6 Å². The van der Waals surface area contributed by atoms with Gasteiger partial charge in [-0.2, -0.15) is 5.10 Å². The molecule has 1 atom stereocenters. The zero-order valence-corrected chi connectivity index (χ0v) is 12.0. The van der Waals surface area contributed by atoms with Crippen LogP contribution in [0, 0.1) is 0 Å². The van der Waals surface area contributed by atoms with Gasteiger partial charge in [0, 0.05) is 30.6 Å². The molecule has 0 saturated heterocycles. The molecule has 1 aromatic carbocycles. The molecule has 2 heterocycles. The second-order valence-corrected chi connectivity index (χ2v) is 5.81. The lowest BCUT2D eigenvalue weighted by Gasteiger charge is -2.35. The number of hydrogen-bond donors (Lipinski definition) is 1. The Hall–Kier alpha value is -1.81. The van der Waals surface area contributed by atoms with Gasteiger partial charge in [0.2, 0.25) is 0 Å². The van der Waals surface area contributed by atoms with E-state index in [2.05, 4.69) is 31.1 Å². The summed E-state index contributed by atoms with van der Waals surface area (Å²) in [6.45, 7) is 4.91. The number of fused-ring (bicyclic) bond motifs is 1. The first-order valence-corrected chi connectivity index (χ1v) is 7.14. The van der Waals surface area contributed by atoms with Crippen molar-refractivity contribution >= 4 is 0 Å². The molecule has 2 aromatic rings. The molecule has 0 amide bonds. The van der Waals surface area contributed by atoms with Gasteiger partial charge in [-0.15, -0.1) is 0 Å². The van der Waals surface area contributed by atoms with Gasteiger partial charge < -0.3 is 10.5 Å². The lowest BCUT2D eigenvalue weighted by Crippen LogP contribution is -2.43. The van der Waals surface area contributed by atoms with Crippen LogP contribution in [0.25, 0.3) is 0 Å². The van der Waals surface area contributed by atoms with Crippen molar-refractivity contribution in [3.05, 3.63) is 47.8 Å². The first-order chi connectivity index (χ1) is 9.58. The summed E-state index contributed by atoms with van der Waals surface area (Å²) in [5, 5.41) is 4.62. The maximum atomic E-state index is 6.66. The highest BCUT2D eigenvalue weighted by Crippen LogP contribution is 2.36. The SMILES string of the molecule is CC(C)n1ccc(CC2(N)CCOc3ccccc32)n1. The Morgan fingerprint density at radius 2 is 2.15 bits per heavy atom. The van der Waals surface area contributed by atoms with E-state index in [1.165, 1.54) is 0 Å². The predicted octanol–water partition coefficient (Wildman–Crippen LogP) is 2.64. The van der Waals surface area contributed by atoms with Gasteiger partial charge in [-0.05, 0) is 26.0 Å². The molecule has 0 spiro atoms. The average Bonchev–Trinajstić information content (AvgIpc) is 2.88. The van der Waals surface area contributed by atoms with E-state index in [1.807, 2.05) is 29.1 Å². The molecule has 0 bridgehead atoms. The quantitative estimate of drug-likeness (QED) is 0.933. The van der Waals surface area contributed by atoms with E-state index in [1.54, 1.807) is 0 Å². The topological polar surface area (TPSA) is 53.1 Å². The van der Waals surface area contributed by atoms with Crippen LogP contribution in [0.1, 0.15) is 37.6 Å². The summed E-state index contributed by atoms with van der Waals surface area (Å²) in [5.41, 5.74) is 8.40. The van der Waals surface area contributed by atoms with Crippen LogP contribution in [-0.2, 0) is 12.0 Å².